The number of carbonyl (C=O) groups excluding carboxylic acids is 1. The third-order valence-electron chi connectivity index (χ3n) is 3.48. The van der Waals surface area contributed by atoms with Crippen molar-refractivity contribution in [3.8, 4) is 5.75 Å². The lowest BCUT2D eigenvalue weighted by Gasteiger charge is -2.13. The topological polar surface area (TPSA) is 26.3 Å². The van der Waals surface area contributed by atoms with Crippen LogP contribution in [0.1, 0.15) is 39.5 Å². The van der Waals surface area contributed by atoms with E-state index in [2.05, 4.69) is 0 Å². The molecule has 27 heavy (non-hydrogen) atoms. The summed E-state index contributed by atoms with van der Waals surface area (Å²) in [7, 11) is 0. The van der Waals surface area contributed by atoms with E-state index >= 15 is 0 Å². The van der Waals surface area contributed by atoms with Gasteiger partial charge in [-0.3, -0.25) is 4.79 Å². The lowest BCUT2D eigenvalue weighted by atomic mass is 10.0. The molecule has 0 N–H and O–H groups in total. The first kappa shape index (κ1) is 20.5. The highest BCUT2D eigenvalue weighted by Gasteiger charge is 2.36. The average Bonchev–Trinajstić information content (AvgIpc) is 2.58. The van der Waals surface area contributed by atoms with Crippen LogP contribution in [0.25, 0.3) is 12.2 Å². The normalized spacial score (nSPS) is 12.4. The third-order valence-corrected chi connectivity index (χ3v) is 3.48. The van der Waals surface area contributed by atoms with E-state index in [4.69, 9.17) is 4.74 Å². The van der Waals surface area contributed by atoms with Gasteiger partial charge in [0.05, 0.1) is 17.7 Å². The van der Waals surface area contributed by atoms with Gasteiger partial charge in [0.15, 0.2) is 0 Å². The number of ether oxygens (including phenoxy) is 1. The van der Waals surface area contributed by atoms with Gasteiger partial charge in [-0.05, 0) is 54.4 Å². The second-order valence-corrected chi connectivity index (χ2v) is 5.56. The number of aldehydes is 1. The van der Waals surface area contributed by atoms with Gasteiger partial charge in [-0.1, -0.05) is 12.2 Å². The van der Waals surface area contributed by atoms with Crippen molar-refractivity contribution in [1.29, 1.82) is 0 Å². The summed E-state index contributed by atoms with van der Waals surface area (Å²) in [6, 6.07) is 5.74. The van der Waals surface area contributed by atoms with Crippen LogP contribution >= 0.6 is 0 Å². The third kappa shape index (κ3) is 5.60. The van der Waals surface area contributed by atoms with Crippen molar-refractivity contribution in [3.05, 3.63) is 64.2 Å². The molecule has 0 bridgehead atoms. The Hall–Kier alpha value is -2.77. The van der Waals surface area contributed by atoms with Gasteiger partial charge < -0.3 is 4.74 Å². The van der Waals surface area contributed by atoms with Crippen molar-refractivity contribution in [3.63, 3.8) is 0 Å². The van der Waals surface area contributed by atoms with Crippen LogP contribution in [0, 0.1) is 0 Å². The largest absolute Gasteiger partial charge is 0.494 e. The number of benzene rings is 2. The van der Waals surface area contributed by atoms with Gasteiger partial charge in [0.2, 0.25) is 0 Å². The van der Waals surface area contributed by atoms with Crippen LogP contribution in [0.15, 0.2) is 36.4 Å². The lowest BCUT2D eigenvalue weighted by Crippen LogP contribution is -2.11. The maximum absolute atomic E-state index is 12.9. The maximum atomic E-state index is 12.9. The Morgan fingerprint density at radius 2 is 1.26 bits per heavy atom. The molecule has 0 spiro atoms. The first-order valence-corrected chi connectivity index (χ1v) is 7.73. The van der Waals surface area contributed by atoms with E-state index in [1.54, 1.807) is 6.92 Å². The minimum absolute atomic E-state index is 0.0670. The molecule has 0 aliphatic carbocycles. The summed E-state index contributed by atoms with van der Waals surface area (Å²) < 4.78 is 82.6. The molecule has 0 aliphatic heterocycles. The fourth-order valence-corrected chi connectivity index (χ4v) is 2.33. The number of carbonyl (C=O) groups is 1. The first-order chi connectivity index (χ1) is 12.5. The summed E-state index contributed by atoms with van der Waals surface area (Å²) in [4.78, 5) is 11.0. The molecule has 0 saturated carbocycles. The maximum Gasteiger partial charge on any atom is 0.416 e. The van der Waals surface area contributed by atoms with Gasteiger partial charge in [0, 0.05) is 5.56 Å². The van der Waals surface area contributed by atoms with E-state index in [1.807, 2.05) is 0 Å². The Balaban J connectivity index is 2.47. The van der Waals surface area contributed by atoms with Crippen LogP contribution in [0.4, 0.5) is 26.3 Å². The van der Waals surface area contributed by atoms with Gasteiger partial charge in [-0.25, -0.2) is 0 Å². The summed E-state index contributed by atoms with van der Waals surface area (Å²) in [5.74, 6) is 0.363. The molecule has 0 aromatic heterocycles. The molecule has 0 radical (unpaired) electrons. The molecule has 0 atom stereocenters. The van der Waals surface area contributed by atoms with Crippen LogP contribution in [-0.2, 0) is 12.4 Å². The molecular weight excluding hydrogens is 374 g/mol. The summed E-state index contributed by atoms with van der Waals surface area (Å²) in [5.41, 5.74) is -2.40. The molecule has 2 aromatic rings. The van der Waals surface area contributed by atoms with Crippen LogP contribution < -0.4 is 4.74 Å². The van der Waals surface area contributed by atoms with Gasteiger partial charge in [0.25, 0.3) is 0 Å². The fourth-order valence-electron chi connectivity index (χ4n) is 2.33. The monoisotopic (exact) mass is 388 g/mol. The van der Waals surface area contributed by atoms with Crippen molar-refractivity contribution >= 4 is 18.4 Å². The standard InChI is InChI=1S/C19H14F6O2/c1-2-27-17-8-12(5-14(9-17)11-26)3-4-13-6-15(18(20,21)22)10-16(7-13)19(23,24)25/h3-11H,2H2,1H3/b4-3+. The number of hydrogen-bond donors (Lipinski definition) is 0. The molecule has 0 amide bonds. The molecule has 8 heteroatoms. The summed E-state index contributed by atoms with van der Waals surface area (Å²) >= 11 is 0. The minimum atomic E-state index is -4.91. The SMILES string of the molecule is CCOc1cc(C=O)cc(/C=C/c2cc(C(F)(F)F)cc(C(F)(F)F)c2)c1. The number of hydrogen-bond acceptors (Lipinski definition) is 2. The van der Waals surface area contributed by atoms with E-state index in [-0.39, 0.29) is 17.2 Å². The zero-order valence-corrected chi connectivity index (χ0v) is 14.0. The van der Waals surface area contributed by atoms with Crippen LogP contribution in [0.5, 0.6) is 5.75 Å². The summed E-state index contributed by atoms with van der Waals surface area (Å²) in [5, 5.41) is 0. The predicted molar refractivity (Wildman–Crippen MR) is 88.4 cm³/mol. The zero-order chi connectivity index (χ0) is 20.2. The van der Waals surface area contributed by atoms with E-state index in [0.29, 0.717) is 36.3 Å². The van der Waals surface area contributed by atoms with Crippen LogP contribution in [-0.4, -0.2) is 12.9 Å². The smallest absolute Gasteiger partial charge is 0.416 e. The van der Waals surface area contributed by atoms with Crippen molar-refractivity contribution < 1.29 is 35.9 Å². The van der Waals surface area contributed by atoms with Crippen molar-refractivity contribution in [2.75, 3.05) is 6.61 Å². The predicted octanol–water partition coefficient (Wildman–Crippen LogP) is 6.11. The van der Waals surface area contributed by atoms with Gasteiger partial charge >= 0.3 is 12.4 Å². The van der Waals surface area contributed by atoms with Crippen molar-refractivity contribution in [1.82, 2.24) is 0 Å². The van der Waals surface area contributed by atoms with E-state index in [1.165, 1.54) is 24.3 Å². The number of halogens is 6. The molecule has 0 saturated heterocycles. The molecule has 144 valence electrons. The zero-order valence-electron chi connectivity index (χ0n) is 14.0. The van der Waals surface area contributed by atoms with Gasteiger partial charge in [0.1, 0.15) is 12.0 Å². The highest BCUT2D eigenvalue weighted by atomic mass is 19.4. The highest BCUT2D eigenvalue weighted by molar-refractivity contribution is 5.79. The Labute approximate surface area is 151 Å². The lowest BCUT2D eigenvalue weighted by molar-refractivity contribution is -0.143. The molecule has 0 unspecified atom stereocenters. The summed E-state index contributed by atoms with van der Waals surface area (Å²) in [6.07, 6.45) is -6.84. The molecule has 0 fully saturated rings. The molecule has 0 heterocycles. The minimum Gasteiger partial charge on any atom is -0.494 e. The quantitative estimate of drug-likeness (QED) is 0.351. The Kier molecular flexibility index (Phi) is 5.98. The second-order valence-electron chi connectivity index (χ2n) is 5.56. The van der Waals surface area contributed by atoms with Crippen LogP contribution in [0.3, 0.4) is 0 Å². The number of rotatable bonds is 5. The number of alkyl halides is 6. The fraction of sp³-hybridized carbons (Fsp3) is 0.211. The Morgan fingerprint density at radius 1 is 0.778 bits per heavy atom. The van der Waals surface area contributed by atoms with E-state index in [0.717, 1.165) is 6.08 Å². The highest BCUT2D eigenvalue weighted by Crippen LogP contribution is 2.36. The summed E-state index contributed by atoms with van der Waals surface area (Å²) in [6.45, 7) is 2.05. The first-order valence-electron chi connectivity index (χ1n) is 7.73. The van der Waals surface area contributed by atoms with E-state index < -0.39 is 23.5 Å². The molecule has 2 nitrogen and oxygen atoms in total. The molecule has 2 aromatic carbocycles. The van der Waals surface area contributed by atoms with E-state index in [9.17, 15) is 31.1 Å². The second kappa shape index (κ2) is 7.85. The molecule has 0 aliphatic rings. The molecule has 2 rings (SSSR count). The average molecular weight is 388 g/mol. The van der Waals surface area contributed by atoms with Crippen molar-refractivity contribution in [2.45, 2.75) is 19.3 Å². The Morgan fingerprint density at radius 3 is 1.70 bits per heavy atom. The molecular formula is C19H14F6O2. The van der Waals surface area contributed by atoms with Crippen LogP contribution in [0.2, 0.25) is 0 Å². The van der Waals surface area contributed by atoms with Gasteiger partial charge in [-0.15, -0.1) is 0 Å². The Bertz CT molecular complexity index is 818. The van der Waals surface area contributed by atoms with Crippen molar-refractivity contribution in [2.24, 2.45) is 0 Å². The van der Waals surface area contributed by atoms with Gasteiger partial charge in [-0.2, -0.15) is 26.3 Å².